The van der Waals surface area contributed by atoms with Crippen LogP contribution in [0.5, 0.6) is 0 Å². The first-order chi connectivity index (χ1) is 17.7. The molecule has 0 saturated carbocycles. The molecular formula is C25H22N4O8. The zero-order valence-corrected chi connectivity index (χ0v) is 20.1. The van der Waals surface area contributed by atoms with Crippen LogP contribution in [0.4, 0.5) is 11.4 Å². The molecule has 12 nitrogen and oxygen atoms in total. The Morgan fingerprint density at radius 2 is 1.73 bits per heavy atom. The first-order valence-electron chi connectivity index (χ1n) is 10.8. The molecule has 1 heterocycles. The van der Waals surface area contributed by atoms with E-state index in [1.807, 2.05) is 6.07 Å². The molecule has 0 saturated heterocycles. The summed E-state index contributed by atoms with van der Waals surface area (Å²) in [7, 11) is 2.16. The van der Waals surface area contributed by atoms with Crippen LogP contribution in [0.15, 0.2) is 71.2 Å². The largest absolute Gasteiger partial charge is 0.466 e. The Kier molecular flexibility index (Phi) is 7.89. The molecule has 1 unspecified atom stereocenters. The van der Waals surface area contributed by atoms with E-state index >= 15 is 0 Å². The summed E-state index contributed by atoms with van der Waals surface area (Å²) in [4.78, 5) is 50.5. The highest BCUT2D eigenvalue weighted by Crippen LogP contribution is 2.43. The van der Waals surface area contributed by atoms with Gasteiger partial charge in [-0.2, -0.15) is 5.26 Å². The van der Waals surface area contributed by atoms with E-state index in [0.29, 0.717) is 5.56 Å². The lowest BCUT2D eigenvalue weighted by molar-refractivity contribution is -0.384. The van der Waals surface area contributed by atoms with Gasteiger partial charge in [0.15, 0.2) is 0 Å². The summed E-state index contributed by atoms with van der Waals surface area (Å²) < 4.78 is 14.8. The fourth-order valence-corrected chi connectivity index (χ4v) is 3.94. The molecule has 0 amide bonds. The minimum absolute atomic E-state index is 0.000245. The molecule has 1 aliphatic heterocycles. The molecule has 1 aliphatic rings. The highest BCUT2D eigenvalue weighted by Gasteiger charge is 2.43. The fourth-order valence-electron chi connectivity index (χ4n) is 3.94. The van der Waals surface area contributed by atoms with Crippen molar-refractivity contribution in [2.45, 2.75) is 12.8 Å². The topological polar surface area (TPSA) is 175 Å². The van der Waals surface area contributed by atoms with Crippen molar-refractivity contribution in [1.29, 1.82) is 5.26 Å². The second kappa shape index (κ2) is 11.0. The number of ether oxygens (including phenoxy) is 3. The van der Waals surface area contributed by atoms with Gasteiger partial charge in [0.1, 0.15) is 11.5 Å². The van der Waals surface area contributed by atoms with Gasteiger partial charge in [-0.25, -0.2) is 14.4 Å². The van der Waals surface area contributed by atoms with Crippen LogP contribution in [0.2, 0.25) is 0 Å². The number of hydrogen-bond donors (Lipinski definition) is 1. The second-order valence-electron chi connectivity index (χ2n) is 7.55. The number of nitro benzene ring substituents is 1. The van der Waals surface area contributed by atoms with Crippen molar-refractivity contribution in [2.75, 3.05) is 25.7 Å². The predicted octanol–water partition coefficient (Wildman–Crippen LogP) is 2.67. The Morgan fingerprint density at radius 1 is 1.08 bits per heavy atom. The number of nitrogens with two attached hydrogens (primary N) is 1. The van der Waals surface area contributed by atoms with Crippen LogP contribution in [0, 0.1) is 21.4 Å². The number of esters is 3. The number of carbonyl (C=O) groups excluding carboxylic acids is 3. The van der Waals surface area contributed by atoms with E-state index in [9.17, 15) is 29.8 Å². The first-order valence-corrected chi connectivity index (χ1v) is 10.8. The molecule has 2 aromatic carbocycles. The monoisotopic (exact) mass is 506 g/mol. The van der Waals surface area contributed by atoms with Gasteiger partial charge in [-0.15, -0.1) is 0 Å². The summed E-state index contributed by atoms with van der Waals surface area (Å²) in [6.45, 7) is 1.56. The number of anilines is 1. The molecule has 190 valence electrons. The molecule has 0 aromatic heterocycles. The van der Waals surface area contributed by atoms with Gasteiger partial charge in [0, 0.05) is 12.1 Å². The summed E-state index contributed by atoms with van der Waals surface area (Å²) in [5.74, 6) is -4.29. The number of nitrogens with zero attached hydrogens (tertiary/aromatic N) is 3. The van der Waals surface area contributed by atoms with Crippen LogP contribution in [-0.4, -0.2) is 43.7 Å². The van der Waals surface area contributed by atoms with Crippen molar-refractivity contribution in [3.8, 4) is 6.07 Å². The molecule has 0 fully saturated rings. The van der Waals surface area contributed by atoms with E-state index in [4.69, 9.17) is 19.9 Å². The number of rotatable bonds is 7. The number of non-ortho nitro benzene ring substituents is 1. The van der Waals surface area contributed by atoms with Gasteiger partial charge in [0.2, 0.25) is 0 Å². The molecule has 0 radical (unpaired) electrons. The standard InChI is InChI=1S/C25H22N4O8/c1-4-37-23(30)15-10-16(12-17(11-15)29(33)34)28-21(25(32)36-3)20(24(31)35-2)19(18(13-26)22(28)27)14-8-6-5-7-9-14/h5-12,19H,4,27H2,1-3H3. The van der Waals surface area contributed by atoms with E-state index in [-0.39, 0.29) is 34.8 Å². The van der Waals surface area contributed by atoms with Crippen molar-refractivity contribution >= 4 is 29.3 Å². The zero-order chi connectivity index (χ0) is 27.3. The van der Waals surface area contributed by atoms with Crippen LogP contribution in [0.1, 0.15) is 28.8 Å². The van der Waals surface area contributed by atoms with Crippen molar-refractivity contribution in [3.05, 3.63) is 92.4 Å². The van der Waals surface area contributed by atoms with Crippen LogP contribution in [-0.2, 0) is 23.8 Å². The predicted molar refractivity (Wildman–Crippen MR) is 129 cm³/mol. The Labute approximate surface area is 211 Å². The average Bonchev–Trinajstić information content (AvgIpc) is 2.91. The maximum absolute atomic E-state index is 13.1. The summed E-state index contributed by atoms with van der Waals surface area (Å²) in [6.07, 6.45) is 0. The van der Waals surface area contributed by atoms with Crippen LogP contribution < -0.4 is 10.6 Å². The van der Waals surface area contributed by atoms with E-state index in [2.05, 4.69) is 0 Å². The highest BCUT2D eigenvalue weighted by molar-refractivity contribution is 6.06. The number of nitriles is 1. The maximum Gasteiger partial charge on any atom is 0.355 e. The van der Waals surface area contributed by atoms with Crippen LogP contribution in [0.3, 0.4) is 0 Å². The molecule has 1 atom stereocenters. The van der Waals surface area contributed by atoms with Crippen molar-refractivity contribution in [3.63, 3.8) is 0 Å². The molecule has 0 bridgehead atoms. The van der Waals surface area contributed by atoms with Gasteiger partial charge in [-0.3, -0.25) is 15.0 Å². The molecule has 2 N–H and O–H groups in total. The van der Waals surface area contributed by atoms with Gasteiger partial charge in [-0.1, -0.05) is 30.3 Å². The number of methoxy groups -OCH3 is 2. The summed E-state index contributed by atoms with van der Waals surface area (Å²) in [6, 6.07) is 13.5. The summed E-state index contributed by atoms with van der Waals surface area (Å²) >= 11 is 0. The maximum atomic E-state index is 13.1. The first kappa shape index (κ1) is 26.4. The molecule has 3 rings (SSSR count). The molecular weight excluding hydrogens is 484 g/mol. The summed E-state index contributed by atoms with van der Waals surface area (Å²) in [5, 5.41) is 21.7. The SMILES string of the molecule is CCOC(=O)c1cc(N2C(N)=C(C#N)C(c3ccccc3)C(C(=O)OC)=C2C(=O)OC)cc([N+](=O)[O-])c1. The van der Waals surface area contributed by atoms with Crippen LogP contribution in [0.25, 0.3) is 0 Å². The Balaban J connectivity index is 2.45. The lowest BCUT2D eigenvalue weighted by atomic mass is 9.81. The van der Waals surface area contributed by atoms with E-state index in [1.54, 1.807) is 37.3 Å². The molecule has 0 aliphatic carbocycles. The molecule has 37 heavy (non-hydrogen) atoms. The minimum Gasteiger partial charge on any atom is -0.466 e. The number of carbonyl (C=O) groups is 3. The van der Waals surface area contributed by atoms with E-state index < -0.39 is 40.1 Å². The number of benzene rings is 2. The smallest absolute Gasteiger partial charge is 0.355 e. The average molecular weight is 506 g/mol. The Morgan fingerprint density at radius 3 is 2.27 bits per heavy atom. The van der Waals surface area contributed by atoms with Crippen molar-refractivity contribution in [2.24, 2.45) is 5.73 Å². The number of hydrogen-bond acceptors (Lipinski definition) is 11. The molecule has 2 aromatic rings. The third-order valence-corrected chi connectivity index (χ3v) is 5.49. The molecule has 12 heteroatoms. The second-order valence-corrected chi connectivity index (χ2v) is 7.55. The van der Waals surface area contributed by atoms with Crippen molar-refractivity contribution in [1.82, 2.24) is 0 Å². The van der Waals surface area contributed by atoms with Gasteiger partial charge in [0.25, 0.3) is 5.69 Å². The third kappa shape index (κ3) is 4.96. The van der Waals surface area contributed by atoms with E-state index in [1.165, 1.54) is 6.07 Å². The van der Waals surface area contributed by atoms with E-state index in [0.717, 1.165) is 31.3 Å². The Bertz CT molecular complexity index is 1370. The fraction of sp³-hybridized carbons (Fsp3) is 0.200. The van der Waals surface area contributed by atoms with Gasteiger partial charge < -0.3 is 19.9 Å². The van der Waals surface area contributed by atoms with Crippen molar-refractivity contribution < 1.29 is 33.5 Å². The highest BCUT2D eigenvalue weighted by atomic mass is 16.6. The minimum atomic E-state index is -1.12. The number of nitro groups is 1. The van der Waals surface area contributed by atoms with Gasteiger partial charge >= 0.3 is 17.9 Å². The normalized spacial score (nSPS) is 15.1. The third-order valence-electron chi connectivity index (χ3n) is 5.49. The lowest BCUT2D eigenvalue weighted by Gasteiger charge is -2.35. The quantitative estimate of drug-likeness (QED) is 0.253. The van der Waals surface area contributed by atoms with Gasteiger partial charge in [-0.05, 0) is 18.6 Å². The summed E-state index contributed by atoms with van der Waals surface area (Å²) in [5.41, 5.74) is 5.09. The van der Waals surface area contributed by atoms with Gasteiger partial charge in [0.05, 0.1) is 60.1 Å². The molecule has 0 spiro atoms. The van der Waals surface area contributed by atoms with Crippen LogP contribution >= 0.6 is 0 Å². The zero-order valence-electron chi connectivity index (χ0n) is 20.1. The lowest BCUT2D eigenvalue weighted by Crippen LogP contribution is -2.40. The Hall–Kier alpha value is -5.18. The number of allylic oxidation sites excluding steroid dienone is 1.